The van der Waals surface area contributed by atoms with Crippen LogP contribution < -0.4 is 9.62 Å². The molecule has 30 heavy (non-hydrogen) atoms. The van der Waals surface area contributed by atoms with Gasteiger partial charge < -0.3 is 5.32 Å². The molecule has 5 nitrogen and oxygen atoms in total. The Kier molecular flexibility index (Phi) is 7.32. The quantitative estimate of drug-likeness (QED) is 0.598. The molecule has 8 heteroatoms. The molecule has 0 aliphatic heterocycles. The summed E-state index contributed by atoms with van der Waals surface area (Å²) in [6, 6.07) is 11.0. The molecule has 1 amide bonds. The number of nitrogens with zero attached hydrogens (tertiary/aromatic N) is 1. The molecule has 2 aromatic carbocycles. The molecule has 0 bridgehead atoms. The number of sulfonamides is 1. The fraction of sp³-hybridized carbons (Fsp3) is 0.409. The van der Waals surface area contributed by atoms with Gasteiger partial charge in [-0.3, -0.25) is 9.10 Å². The summed E-state index contributed by atoms with van der Waals surface area (Å²) in [6.07, 6.45) is 5.16. The molecule has 1 atom stereocenters. The predicted octanol–water partition coefficient (Wildman–Crippen LogP) is 4.91. The Hall–Kier alpha value is -1.76. The number of nitrogens with one attached hydrogen (secondary N) is 1. The van der Waals surface area contributed by atoms with Crippen LogP contribution in [0, 0.1) is 0 Å². The van der Waals surface area contributed by atoms with Gasteiger partial charge in [0, 0.05) is 13.0 Å². The van der Waals surface area contributed by atoms with Crippen LogP contribution >= 0.6 is 23.2 Å². The van der Waals surface area contributed by atoms with Gasteiger partial charge in [0.05, 0.1) is 28.0 Å². The number of rotatable bonds is 8. The van der Waals surface area contributed by atoms with Gasteiger partial charge in [0.1, 0.15) is 0 Å². The SMILES string of the molecule is C[C@H](NC(=O)CCCN(c1ccc(Cl)c(Cl)c1)S(C)(=O)=O)c1ccc2c(c1)CCC2. The molecular weight excluding hydrogens is 443 g/mol. The van der Waals surface area contributed by atoms with E-state index < -0.39 is 10.0 Å². The molecule has 1 aliphatic carbocycles. The number of anilines is 1. The second-order valence-electron chi connectivity index (χ2n) is 7.71. The van der Waals surface area contributed by atoms with Crippen molar-refractivity contribution in [2.45, 2.75) is 45.1 Å². The van der Waals surface area contributed by atoms with Gasteiger partial charge >= 0.3 is 0 Å². The third-order valence-electron chi connectivity index (χ3n) is 5.36. The Morgan fingerprint density at radius 3 is 2.53 bits per heavy atom. The molecule has 1 aliphatic rings. The molecule has 0 saturated heterocycles. The summed E-state index contributed by atoms with van der Waals surface area (Å²) in [5.41, 5.74) is 4.30. The summed E-state index contributed by atoms with van der Waals surface area (Å²) in [5.74, 6) is -0.106. The third kappa shape index (κ3) is 5.68. The van der Waals surface area contributed by atoms with Crippen molar-refractivity contribution < 1.29 is 13.2 Å². The second kappa shape index (κ2) is 9.58. The Morgan fingerprint density at radius 2 is 1.83 bits per heavy atom. The Morgan fingerprint density at radius 1 is 1.10 bits per heavy atom. The number of aryl methyl sites for hydroxylation is 2. The molecular formula is C22H26Cl2N2O3S. The van der Waals surface area contributed by atoms with Crippen molar-refractivity contribution in [3.05, 3.63) is 63.1 Å². The first kappa shape index (κ1) is 22.9. The van der Waals surface area contributed by atoms with Crippen molar-refractivity contribution in [1.29, 1.82) is 0 Å². The number of carbonyl (C=O) groups is 1. The van der Waals surface area contributed by atoms with Crippen molar-refractivity contribution in [3.8, 4) is 0 Å². The smallest absolute Gasteiger partial charge is 0.232 e. The van der Waals surface area contributed by atoms with Gasteiger partial charge in [0.25, 0.3) is 0 Å². The predicted molar refractivity (Wildman–Crippen MR) is 123 cm³/mol. The molecule has 0 heterocycles. The molecule has 0 spiro atoms. The first-order chi connectivity index (χ1) is 14.1. The van der Waals surface area contributed by atoms with E-state index in [1.807, 2.05) is 6.92 Å². The van der Waals surface area contributed by atoms with Crippen LogP contribution in [0.1, 0.15) is 48.9 Å². The van der Waals surface area contributed by atoms with Crippen LogP contribution in [0.4, 0.5) is 5.69 Å². The first-order valence-corrected chi connectivity index (χ1v) is 12.6. The lowest BCUT2D eigenvalue weighted by atomic mass is 10.0. The molecule has 0 fully saturated rings. The normalized spacial score (nSPS) is 14.3. The van der Waals surface area contributed by atoms with Crippen molar-refractivity contribution >= 4 is 44.8 Å². The van der Waals surface area contributed by atoms with Crippen LogP contribution in [-0.2, 0) is 27.7 Å². The van der Waals surface area contributed by atoms with E-state index in [1.165, 1.54) is 27.9 Å². The average molecular weight is 469 g/mol. The van der Waals surface area contributed by atoms with E-state index in [2.05, 4.69) is 23.5 Å². The maximum absolute atomic E-state index is 12.4. The molecule has 1 N–H and O–H groups in total. The molecule has 2 aromatic rings. The molecule has 3 rings (SSSR count). The van der Waals surface area contributed by atoms with Crippen molar-refractivity contribution in [3.63, 3.8) is 0 Å². The fourth-order valence-corrected chi connectivity index (χ4v) is 5.02. The highest BCUT2D eigenvalue weighted by Gasteiger charge is 2.19. The van der Waals surface area contributed by atoms with Gasteiger partial charge in [0.15, 0.2) is 0 Å². The van der Waals surface area contributed by atoms with E-state index in [1.54, 1.807) is 12.1 Å². The summed E-state index contributed by atoms with van der Waals surface area (Å²) in [4.78, 5) is 12.4. The number of benzene rings is 2. The van der Waals surface area contributed by atoms with E-state index in [4.69, 9.17) is 23.2 Å². The van der Waals surface area contributed by atoms with Crippen LogP contribution in [0.25, 0.3) is 0 Å². The molecule has 162 valence electrons. The average Bonchev–Trinajstić information content (AvgIpc) is 3.14. The van der Waals surface area contributed by atoms with Gasteiger partial charge in [-0.2, -0.15) is 0 Å². The van der Waals surface area contributed by atoms with Crippen LogP contribution in [0.15, 0.2) is 36.4 Å². The lowest BCUT2D eigenvalue weighted by Gasteiger charge is -2.23. The van der Waals surface area contributed by atoms with Gasteiger partial charge in [0.2, 0.25) is 15.9 Å². The van der Waals surface area contributed by atoms with Crippen LogP contribution in [0.3, 0.4) is 0 Å². The van der Waals surface area contributed by atoms with Gasteiger partial charge in [-0.25, -0.2) is 8.42 Å². The van der Waals surface area contributed by atoms with E-state index in [0.29, 0.717) is 17.1 Å². The largest absolute Gasteiger partial charge is 0.350 e. The number of carbonyl (C=O) groups excluding carboxylic acids is 1. The Labute approximate surface area is 188 Å². The third-order valence-corrected chi connectivity index (χ3v) is 7.29. The number of amides is 1. The van der Waals surface area contributed by atoms with Gasteiger partial charge in [-0.15, -0.1) is 0 Å². The summed E-state index contributed by atoms with van der Waals surface area (Å²) in [6.45, 7) is 2.14. The summed E-state index contributed by atoms with van der Waals surface area (Å²) in [7, 11) is -3.52. The van der Waals surface area contributed by atoms with Crippen LogP contribution in [-0.4, -0.2) is 27.1 Å². The zero-order valence-electron chi connectivity index (χ0n) is 17.1. The lowest BCUT2D eigenvalue weighted by Crippen LogP contribution is -2.32. The minimum Gasteiger partial charge on any atom is -0.350 e. The van der Waals surface area contributed by atoms with Crippen molar-refractivity contribution in [1.82, 2.24) is 5.32 Å². The number of hydrogen-bond acceptors (Lipinski definition) is 3. The van der Waals surface area contributed by atoms with Crippen molar-refractivity contribution in [2.24, 2.45) is 0 Å². The van der Waals surface area contributed by atoms with Gasteiger partial charge in [-0.05, 0) is 67.5 Å². The molecule has 0 saturated carbocycles. The Bertz CT molecular complexity index is 1040. The zero-order valence-corrected chi connectivity index (χ0v) is 19.4. The highest BCUT2D eigenvalue weighted by Crippen LogP contribution is 2.29. The highest BCUT2D eigenvalue weighted by atomic mass is 35.5. The minimum atomic E-state index is -3.52. The standard InChI is InChI=1S/C22H26Cl2N2O3S/c1-15(17-9-8-16-5-3-6-18(16)13-17)25-22(27)7-4-12-26(30(2,28)29)19-10-11-20(23)21(24)14-19/h8-11,13-15H,3-7,12H2,1-2H3,(H,25,27)/t15-/m0/s1. The zero-order chi connectivity index (χ0) is 21.9. The maximum Gasteiger partial charge on any atom is 0.232 e. The second-order valence-corrected chi connectivity index (χ2v) is 10.4. The van der Waals surface area contributed by atoms with Crippen LogP contribution in [0.2, 0.25) is 10.0 Å². The van der Waals surface area contributed by atoms with E-state index >= 15 is 0 Å². The summed E-state index contributed by atoms with van der Waals surface area (Å²) >= 11 is 11.9. The number of hydrogen-bond donors (Lipinski definition) is 1. The first-order valence-electron chi connectivity index (χ1n) is 9.99. The number of halogens is 2. The monoisotopic (exact) mass is 468 g/mol. The van der Waals surface area contributed by atoms with Crippen LogP contribution in [0.5, 0.6) is 0 Å². The van der Waals surface area contributed by atoms with Gasteiger partial charge in [-0.1, -0.05) is 41.4 Å². The lowest BCUT2D eigenvalue weighted by molar-refractivity contribution is -0.121. The van der Waals surface area contributed by atoms with E-state index in [0.717, 1.165) is 24.7 Å². The summed E-state index contributed by atoms with van der Waals surface area (Å²) < 4.78 is 25.7. The maximum atomic E-state index is 12.4. The minimum absolute atomic E-state index is 0.0931. The Balaban J connectivity index is 1.57. The molecule has 0 unspecified atom stereocenters. The topological polar surface area (TPSA) is 66.5 Å². The van der Waals surface area contributed by atoms with Crippen molar-refractivity contribution in [2.75, 3.05) is 17.1 Å². The summed E-state index contributed by atoms with van der Waals surface area (Å²) in [5, 5.41) is 3.65. The molecule has 0 aromatic heterocycles. The molecule has 0 radical (unpaired) electrons. The van der Waals surface area contributed by atoms with E-state index in [-0.39, 0.29) is 29.9 Å². The van der Waals surface area contributed by atoms with E-state index in [9.17, 15) is 13.2 Å². The fourth-order valence-electron chi connectivity index (χ4n) is 3.77. The highest BCUT2D eigenvalue weighted by molar-refractivity contribution is 7.92. The number of fused-ring (bicyclic) bond motifs is 1.